The second-order valence-electron chi connectivity index (χ2n) is 7.86. The molecule has 6 nitrogen and oxygen atoms in total. The average Bonchev–Trinajstić information content (AvgIpc) is 2.84. The predicted octanol–water partition coefficient (Wildman–Crippen LogP) is 5.24. The van der Waals surface area contributed by atoms with Gasteiger partial charge in [-0.1, -0.05) is 60.2 Å². The molecule has 3 aromatic carbocycles. The van der Waals surface area contributed by atoms with Crippen molar-refractivity contribution in [2.24, 2.45) is 0 Å². The molecule has 0 aliphatic carbocycles. The zero-order valence-corrected chi connectivity index (χ0v) is 18.2. The van der Waals surface area contributed by atoms with E-state index < -0.39 is 0 Å². The number of hydrogen-bond donors (Lipinski definition) is 0. The summed E-state index contributed by atoms with van der Waals surface area (Å²) in [6.07, 6.45) is 2.21. The van der Waals surface area contributed by atoms with Crippen molar-refractivity contribution >= 4 is 17.5 Å². The number of nitro groups is 1. The summed E-state index contributed by atoms with van der Waals surface area (Å²) in [4.78, 5) is 15.3. The molecule has 1 saturated heterocycles. The molecule has 0 bridgehead atoms. The van der Waals surface area contributed by atoms with Gasteiger partial charge in [-0.3, -0.25) is 10.1 Å². The fourth-order valence-corrected chi connectivity index (χ4v) is 3.76. The molecule has 1 aliphatic heterocycles. The average molecular weight is 430 g/mol. The minimum atomic E-state index is -0.366. The Morgan fingerprint density at radius 1 is 1.00 bits per heavy atom. The van der Waals surface area contributed by atoms with Crippen molar-refractivity contribution in [3.8, 4) is 0 Å². The largest absolute Gasteiger partial charge is 0.378 e. The number of benzene rings is 3. The number of non-ortho nitro benzene ring substituents is 1. The highest BCUT2D eigenvalue weighted by molar-refractivity contribution is 5.62. The van der Waals surface area contributed by atoms with Gasteiger partial charge in [-0.15, -0.1) is 0 Å². The molecule has 6 heteroatoms. The third-order valence-corrected chi connectivity index (χ3v) is 5.54. The van der Waals surface area contributed by atoms with Gasteiger partial charge in [0.2, 0.25) is 0 Å². The van der Waals surface area contributed by atoms with Crippen LogP contribution < -0.4 is 4.90 Å². The van der Waals surface area contributed by atoms with Gasteiger partial charge in [0.25, 0.3) is 5.69 Å². The zero-order valence-electron chi connectivity index (χ0n) is 18.2. The van der Waals surface area contributed by atoms with E-state index in [9.17, 15) is 10.1 Å². The van der Waals surface area contributed by atoms with E-state index in [1.54, 1.807) is 12.1 Å². The van der Waals surface area contributed by atoms with Crippen molar-refractivity contribution < 1.29 is 9.66 Å². The molecule has 1 aliphatic rings. The number of nitrogens with zero attached hydrogens (tertiary/aromatic N) is 3. The van der Waals surface area contributed by atoms with Crippen molar-refractivity contribution in [3.63, 3.8) is 0 Å². The second kappa shape index (κ2) is 10.1. The number of morpholine rings is 1. The van der Waals surface area contributed by atoms with Crippen molar-refractivity contribution in [2.45, 2.75) is 13.5 Å². The van der Waals surface area contributed by atoms with Gasteiger partial charge in [0.1, 0.15) is 5.82 Å². The fraction of sp³-hybridized carbons (Fsp3) is 0.231. The lowest BCUT2D eigenvalue weighted by Crippen LogP contribution is -2.42. The number of rotatable bonds is 7. The van der Waals surface area contributed by atoms with E-state index in [1.807, 2.05) is 30.3 Å². The SMILES string of the molecule is Cc1ccc(/C=C(\N2CCOCC2)N(Cc2ccc([N+](=O)[O-])cc2)c2ccccc2)cc1. The van der Waals surface area contributed by atoms with Crippen LogP contribution in [-0.4, -0.2) is 36.1 Å². The number of hydrogen-bond acceptors (Lipinski definition) is 5. The van der Waals surface area contributed by atoms with Gasteiger partial charge in [0.15, 0.2) is 0 Å². The van der Waals surface area contributed by atoms with Crippen LogP contribution in [0.5, 0.6) is 0 Å². The van der Waals surface area contributed by atoms with E-state index in [0.717, 1.165) is 35.7 Å². The molecule has 0 amide bonds. The molecule has 1 heterocycles. The summed E-state index contributed by atoms with van der Waals surface area (Å²) < 4.78 is 5.60. The van der Waals surface area contributed by atoms with Crippen LogP contribution in [0, 0.1) is 17.0 Å². The summed E-state index contributed by atoms with van der Waals surface area (Å²) in [6, 6.07) is 25.5. The first-order valence-electron chi connectivity index (χ1n) is 10.8. The Morgan fingerprint density at radius 3 is 2.28 bits per heavy atom. The molecule has 4 rings (SSSR count). The Morgan fingerprint density at radius 2 is 1.66 bits per heavy atom. The van der Waals surface area contributed by atoms with Crippen molar-refractivity contribution in [1.29, 1.82) is 0 Å². The lowest BCUT2D eigenvalue weighted by molar-refractivity contribution is -0.384. The van der Waals surface area contributed by atoms with Crippen LogP contribution in [-0.2, 0) is 11.3 Å². The number of aryl methyl sites for hydroxylation is 1. The highest BCUT2D eigenvalue weighted by Crippen LogP contribution is 2.27. The normalized spacial score (nSPS) is 14.3. The Balaban J connectivity index is 1.75. The molecule has 0 N–H and O–H groups in total. The summed E-state index contributed by atoms with van der Waals surface area (Å²) in [5.74, 6) is 1.08. The van der Waals surface area contributed by atoms with Crippen molar-refractivity contribution in [3.05, 3.63) is 111 Å². The fourth-order valence-electron chi connectivity index (χ4n) is 3.76. The maximum atomic E-state index is 11.1. The molecule has 1 fully saturated rings. The summed E-state index contributed by atoms with van der Waals surface area (Å²) >= 11 is 0. The van der Waals surface area contributed by atoms with Crippen LogP contribution in [0.25, 0.3) is 6.08 Å². The molecular weight excluding hydrogens is 402 g/mol. The molecule has 0 radical (unpaired) electrons. The lowest BCUT2D eigenvalue weighted by Gasteiger charge is -2.38. The van der Waals surface area contributed by atoms with Gasteiger partial charge < -0.3 is 14.5 Å². The first kappa shape index (κ1) is 21.6. The zero-order chi connectivity index (χ0) is 22.3. The summed E-state index contributed by atoms with van der Waals surface area (Å²) in [5.41, 5.74) is 4.52. The van der Waals surface area contributed by atoms with Gasteiger partial charge in [-0.05, 0) is 36.3 Å². The second-order valence-corrected chi connectivity index (χ2v) is 7.86. The van der Waals surface area contributed by atoms with Gasteiger partial charge in [0.05, 0.1) is 18.1 Å². The Bertz CT molecular complexity index is 1060. The van der Waals surface area contributed by atoms with Crippen LogP contribution >= 0.6 is 0 Å². The number of ether oxygens (including phenoxy) is 1. The van der Waals surface area contributed by atoms with E-state index in [2.05, 4.69) is 59.2 Å². The van der Waals surface area contributed by atoms with E-state index in [0.29, 0.717) is 19.8 Å². The quantitative estimate of drug-likeness (QED) is 0.380. The monoisotopic (exact) mass is 429 g/mol. The van der Waals surface area contributed by atoms with E-state index in [1.165, 1.54) is 5.56 Å². The molecular formula is C26H27N3O3. The maximum absolute atomic E-state index is 11.1. The Kier molecular flexibility index (Phi) is 6.82. The molecule has 0 saturated carbocycles. The molecule has 0 aromatic heterocycles. The van der Waals surface area contributed by atoms with Gasteiger partial charge >= 0.3 is 0 Å². The number of para-hydroxylation sites is 1. The van der Waals surface area contributed by atoms with Gasteiger partial charge in [-0.25, -0.2) is 0 Å². The highest BCUT2D eigenvalue weighted by atomic mass is 16.6. The maximum Gasteiger partial charge on any atom is 0.269 e. The summed E-state index contributed by atoms with van der Waals surface area (Å²) in [6.45, 7) is 5.66. The molecule has 32 heavy (non-hydrogen) atoms. The Labute approximate surface area is 188 Å². The third kappa shape index (κ3) is 5.34. The molecule has 3 aromatic rings. The number of nitro benzene ring substituents is 1. The first-order chi connectivity index (χ1) is 15.6. The molecule has 0 spiro atoms. The van der Waals surface area contributed by atoms with Crippen molar-refractivity contribution in [2.75, 3.05) is 31.2 Å². The van der Waals surface area contributed by atoms with Crippen LogP contribution in [0.15, 0.2) is 84.7 Å². The van der Waals surface area contributed by atoms with E-state index in [4.69, 9.17) is 4.74 Å². The van der Waals surface area contributed by atoms with Crippen LogP contribution in [0.1, 0.15) is 16.7 Å². The van der Waals surface area contributed by atoms with Crippen LogP contribution in [0.2, 0.25) is 0 Å². The summed E-state index contributed by atoms with van der Waals surface area (Å²) in [7, 11) is 0. The highest BCUT2D eigenvalue weighted by Gasteiger charge is 2.21. The van der Waals surface area contributed by atoms with Crippen molar-refractivity contribution in [1.82, 2.24) is 4.90 Å². The van der Waals surface area contributed by atoms with Crippen LogP contribution in [0.3, 0.4) is 0 Å². The molecule has 0 unspecified atom stereocenters. The van der Waals surface area contributed by atoms with Gasteiger partial charge in [-0.2, -0.15) is 0 Å². The standard InChI is InChI=1S/C26H27N3O3/c1-21-7-9-22(10-8-21)19-26(27-15-17-32-18-16-27)28(24-5-3-2-4-6-24)20-23-11-13-25(14-12-23)29(30)31/h2-14,19H,15-18,20H2,1H3/b26-19+. The lowest BCUT2D eigenvalue weighted by atomic mass is 10.1. The van der Waals surface area contributed by atoms with E-state index in [-0.39, 0.29) is 10.6 Å². The smallest absolute Gasteiger partial charge is 0.269 e. The van der Waals surface area contributed by atoms with Gasteiger partial charge in [0, 0.05) is 37.5 Å². The molecule has 0 atom stereocenters. The minimum absolute atomic E-state index is 0.101. The van der Waals surface area contributed by atoms with E-state index >= 15 is 0 Å². The third-order valence-electron chi connectivity index (χ3n) is 5.54. The minimum Gasteiger partial charge on any atom is -0.378 e. The number of anilines is 1. The summed E-state index contributed by atoms with van der Waals surface area (Å²) in [5, 5.41) is 11.1. The molecule has 164 valence electrons. The first-order valence-corrected chi connectivity index (χ1v) is 10.8. The topological polar surface area (TPSA) is 58.8 Å². The predicted molar refractivity (Wildman–Crippen MR) is 127 cm³/mol. The van der Waals surface area contributed by atoms with Crippen LogP contribution in [0.4, 0.5) is 11.4 Å². The Hall–Kier alpha value is -3.64.